The summed E-state index contributed by atoms with van der Waals surface area (Å²) in [5.41, 5.74) is 17.4. The van der Waals surface area contributed by atoms with Gasteiger partial charge >= 0.3 is 0 Å². The molecule has 0 spiro atoms. The van der Waals surface area contributed by atoms with Gasteiger partial charge in [-0.25, -0.2) is 15.0 Å². The monoisotopic (exact) mass is 957 g/mol. The Morgan fingerprint density at radius 3 is 2.22 bits per heavy atom. The second-order valence-electron chi connectivity index (χ2n) is 20.1. The van der Waals surface area contributed by atoms with Crippen molar-refractivity contribution in [3.8, 4) is 73.3 Å². The summed E-state index contributed by atoms with van der Waals surface area (Å²) in [7, 11) is 0. The molecule has 0 amide bonds. The van der Waals surface area contributed by atoms with Gasteiger partial charge in [-0.3, -0.25) is 0 Å². The van der Waals surface area contributed by atoms with E-state index in [2.05, 4.69) is 183 Å². The van der Waals surface area contributed by atoms with E-state index in [4.69, 9.17) is 24.1 Å². The number of hydrogen-bond acceptors (Lipinski definition) is 6. The molecule has 6 heteroatoms. The van der Waals surface area contributed by atoms with Crippen molar-refractivity contribution >= 4 is 53.4 Å². The van der Waals surface area contributed by atoms with Crippen LogP contribution in [0.15, 0.2) is 216 Å². The highest BCUT2D eigenvalue weighted by Crippen LogP contribution is 2.49. The molecule has 8 aromatic carbocycles. The van der Waals surface area contributed by atoms with Gasteiger partial charge in [-0.15, -0.1) is 11.3 Å². The van der Waals surface area contributed by atoms with Crippen LogP contribution in [0.5, 0.6) is 5.75 Å². The van der Waals surface area contributed by atoms with Crippen LogP contribution in [0.25, 0.3) is 110 Å². The zero-order valence-electron chi connectivity index (χ0n) is 40.1. The number of allylic oxidation sites excluding steroid dienone is 6. The molecule has 4 unspecified atom stereocenters. The Kier molecular flexibility index (Phi) is 9.74. The first-order valence-electron chi connectivity index (χ1n) is 25.5. The summed E-state index contributed by atoms with van der Waals surface area (Å²) in [6, 6.07) is 59.4. The summed E-state index contributed by atoms with van der Waals surface area (Å²) in [5, 5.41) is 4.66. The van der Waals surface area contributed by atoms with Crippen molar-refractivity contribution < 1.29 is 9.15 Å². The van der Waals surface area contributed by atoms with Gasteiger partial charge in [0, 0.05) is 59.1 Å². The number of hydrogen-bond donors (Lipinski definition) is 0. The number of fused-ring (bicyclic) bond motifs is 12. The van der Waals surface area contributed by atoms with E-state index in [-0.39, 0.29) is 12.0 Å². The van der Waals surface area contributed by atoms with Crippen LogP contribution in [0, 0.1) is 5.92 Å². The smallest absolute Gasteiger partial charge is 0.164 e. The Hall–Kier alpha value is -8.45. The van der Waals surface area contributed by atoms with Crippen molar-refractivity contribution in [2.75, 3.05) is 0 Å². The standard InChI is InChI=1S/C67H47N3O2S/c1-39-53(40-14-4-2-5-15-40)36-45-27-26-42(34-55(45)48-31-28-44(37-54(39)48)47-20-12-21-51-50-19-9-11-25-62(50)73-64(47)51)43-29-32-60-57(35-43)63-52(22-13-24-61(63)72-60)67-69-65(41-16-6-3-7-17-41)68-66(70-67)46-30-33-59-56(38-46)49-18-8-10-23-58(49)71-59/h2-4,6-14,16-35,37-39,49,53,58H,5,15,36H2,1H3. The Labute approximate surface area is 427 Å². The highest BCUT2D eigenvalue weighted by atomic mass is 32.1. The van der Waals surface area contributed by atoms with Crippen molar-refractivity contribution in [3.05, 3.63) is 229 Å². The molecular weight excluding hydrogens is 911 g/mol. The fourth-order valence-corrected chi connectivity index (χ4v) is 13.5. The number of aromatic nitrogens is 3. The second-order valence-corrected chi connectivity index (χ2v) is 21.1. The first-order chi connectivity index (χ1) is 36.1. The van der Waals surface area contributed by atoms with Crippen LogP contribution in [0.3, 0.4) is 0 Å². The van der Waals surface area contributed by atoms with E-state index in [0.717, 1.165) is 74.8 Å². The minimum absolute atomic E-state index is 0.00609. The predicted molar refractivity (Wildman–Crippen MR) is 300 cm³/mol. The second kappa shape index (κ2) is 16.8. The van der Waals surface area contributed by atoms with Gasteiger partial charge in [0.15, 0.2) is 17.5 Å². The lowest BCUT2D eigenvalue weighted by Gasteiger charge is -2.27. The lowest BCUT2D eigenvalue weighted by atomic mass is 9.77. The predicted octanol–water partition coefficient (Wildman–Crippen LogP) is 17.7. The van der Waals surface area contributed by atoms with Gasteiger partial charge in [-0.05, 0) is 130 Å². The van der Waals surface area contributed by atoms with Crippen LogP contribution in [0.1, 0.15) is 48.3 Å². The molecule has 0 bridgehead atoms. The SMILES string of the molecule is CC1c2cc(-c3cccc4c3sc3ccccc34)ccc2-c2cc(-c3ccc4oc5cccc(-c6nc(-c7ccccc7)nc(-c7ccc8c(c7)C7C=CC=CC7O8)n6)c5c4c3)ccc2CC1C1=CC=CCC1. The minimum atomic E-state index is -0.00609. The van der Waals surface area contributed by atoms with Gasteiger partial charge in [-0.2, -0.15) is 0 Å². The minimum Gasteiger partial charge on any atom is -0.485 e. The van der Waals surface area contributed by atoms with Gasteiger partial charge < -0.3 is 9.15 Å². The maximum atomic E-state index is 6.66. The summed E-state index contributed by atoms with van der Waals surface area (Å²) in [4.78, 5) is 15.6. The summed E-state index contributed by atoms with van der Waals surface area (Å²) in [6.07, 6.45) is 18.7. The number of furan rings is 1. The molecule has 0 saturated heterocycles. The molecule has 4 aliphatic rings. The van der Waals surface area contributed by atoms with Crippen LogP contribution < -0.4 is 4.74 Å². The third kappa shape index (κ3) is 6.99. The molecule has 0 radical (unpaired) electrons. The average Bonchev–Trinajstić information content (AvgIpc) is 4.13. The molecule has 0 saturated carbocycles. The van der Waals surface area contributed by atoms with E-state index in [0.29, 0.717) is 29.3 Å². The van der Waals surface area contributed by atoms with Crippen molar-refractivity contribution in [3.63, 3.8) is 0 Å². The normalized spacial score (nSPS) is 18.6. The lowest BCUT2D eigenvalue weighted by Crippen LogP contribution is -2.15. The Balaban J connectivity index is 0.861. The first kappa shape index (κ1) is 42.3. The zero-order valence-corrected chi connectivity index (χ0v) is 40.9. The molecule has 15 rings (SSSR count). The van der Waals surface area contributed by atoms with Crippen LogP contribution in [-0.2, 0) is 6.42 Å². The number of thiophene rings is 1. The van der Waals surface area contributed by atoms with Crippen molar-refractivity contribution in [1.29, 1.82) is 0 Å². The number of rotatable bonds is 6. The molecule has 11 aromatic rings. The zero-order chi connectivity index (χ0) is 48.1. The third-order valence-corrected chi connectivity index (χ3v) is 17.2. The molecule has 3 aromatic heterocycles. The molecule has 348 valence electrons. The lowest BCUT2D eigenvalue weighted by molar-refractivity contribution is 0.269. The van der Waals surface area contributed by atoms with Gasteiger partial charge in [-0.1, -0.05) is 164 Å². The summed E-state index contributed by atoms with van der Waals surface area (Å²) in [6.45, 7) is 2.47. The van der Waals surface area contributed by atoms with Crippen molar-refractivity contribution in [2.45, 2.75) is 44.1 Å². The topological polar surface area (TPSA) is 61.0 Å². The van der Waals surface area contributed by atoms with Gasteiger partial charge in [0.1, 0.15) is 23.0 Å². The van der Waals surface area contributed by atoms with E-state index in [1.165, 1.54) is 59.1 Å². The van der Waals surface area contributed by atoms with Gasteiger partial charge in [0.05, 0.1) is 0 Å². The van der Waals surface area contributed by atoms with Crippen LogP contribution in [0.4, 0.5) is 0 Å². The fourth-order valence-electron chi connectivity index (χ4n) is 12.2. The van der Waals surface area contributed by atoms with E-state index in [1.807, 2.05) is 41.7 Å². The van der Waals surface area contributed by atoms with Crippen molar-refractivity contribution in [2.24, 2.45) is 5.92 Å². The Morgan fingerprint density at radius 1 is 0.534 bits per heavy atom. The fraction of sp³-hybridized carbons (Fsp3) is 0.119. The van der Waals surface area contributed by atoms with E-state index >= 15 is 0 Å². The molecule has 4 atom stereocenters. The largest absolute Gasteiger partial charge is 0.485 e. The quantitative estimate of drug-likeness (QED) is 0.166. The maximum Gasteiger partial charge on any atom is 0.164 e. The molecule has 73 heavy (non-hydrogen) atoms. The molecule has 1 aliphatic heterocycles. The molecule has 5 nitrogen and oxygen atoms in total. The van der Waals surface area contributed by atoms with Crippen LogP contribution in [0.2, 0.25) is 0 Å². The van der Waals surface area contributed by atoms with Crippen LogP contribution >= 0.6 is 11.3 Å². The maximum absolute atomic E-state index is 6.66. The van der Waals surface area contributed by atoms with Crippen LogP contribution in [-0.4, -0.2) is 21.1 Å². The number of ether oxygens (including phenoxy) is 1. The van der Waals surface area contributed by atoms with E-state index in [9.17, 15) is 0 Å². The third-order valence-electron chi connectivity index (χ3n) is 15.9. The molecule has 0 N–H and O–H groups in total. The first-order valence-corrected chi connectivity index (χ1v) is 26.3. The Morgan fingerprint density at radius 2 is 1.30 bits per heavy atom. The highest BCUT2D eigenvalue weighted by Gasteiger charge is 2.34. The van der Waals surface area contributed by atoms with E-state index in [1.54, 1.807) is 5.57 Å². The van der Waals surface area contributed by atoms with Gasteiger partial charge in [0.25, 0.3) is 0 Å². The molecule has 0 fully saturated rings. The van der Waals surface area contributed by atoms with Gasteiger partial charge in [0.2, 0.25) is 0 Å². The molecule has 3 aliphatic carbocycles. The highest BCUT2D eigenvalue weighted by molar-refractivity contribution is 7.26. The summed E-state index contributed by atoms with van der Waals surface area (Å²) >= 11 is 1.90. The summed E-state index contributed by atoms with van der Waals surface area (Å²) in [5.74, 6) is 3.58. The summed E-state index contributed by atoms with van der Waals surface area (Å²) < 4.78 is 15.7. The number of benzene rings is 8. The average molecular weight is 958 g/mol. The van der Waals surface area contributed by atoms with Crippen molar-refractivity contribution in [1.82, 2.24) is 15.0 Å². The molecular formula is C67H47N3O2S. The van der Waals surface area contributed by atoms with E-state index < -0.39 is 0 Å². The molecule has 4 heterocycles. The Bertz CT molecular complexity index is 4210. The number of nitrogens with zero attached hydrogens (tertiary/aromatic N) is 3.